The predicted octanol–water partition coefficient (Wildman–Crippen LogP) is 14.4. The van der Waals surface area contributed by atoms with E-state index in [1.54, 1.807) is 12.1 Å². The van der Waals surface area contributed by atoms with Crippen molar-refractivity contribution in [1.29, 1.82) is 0 Å². The molecule has 0 saturated heterocycles. The highest BCUT2D eigenvalue weighted by Crippen LogP contribution is 2.45. The van der Waals surface area contributed by atoms with Crippen molar-refractivity contribution < 1.29 is 18.8 Å². The van der Waals surface area contributed by atoms with Crippen molar-refractivity contribution in [3.63, 3.8) is 0 Å². The molecule has 8 rings (SSSR count). The maximum atomic E-state index is 11.5. The van der Waals surface area contributed by atoms with Crippen molar-refractivity contribution in [1.82, 2.24) is 14.5 Å². The molecule has 0 atom stereocenters. The number of nitrogens with zero attached hydrogens (tertiary/aromatic N) is 3. The van der Waals surface area contributed by atoms with Crippen molar-refractivity contribution in [3.8, 4) is 67.5 Å². The lowest BCUT2D eigenvalue weighted by Crippen LogP contribution is -2.34. The molecule has 1 N–H and O–H groups in total. The van der Waals surface area contributed by atoms with Gasteiger partial charge in [0.15, 0.2) is 0 Å². The minimum atomic E-state index is -2.96. The first kappa shape index (κ1) is 28.2. The molecule has 8 aromatic rings. The van der Waals surface area contributed by atoms with E-state index in [4.69, 9.17) is 17.3 Å². The Balaban J connectivity index is 1.42. The van der Waals surface area contributed by atoms with Crippen molar-refractivity contribution in [2.75, 3.05) is 0 Å². The average Bonchev–Trinajstić information content (AvgIpc) is 3.66. The summed E-state index contributed by atoms with van der Waals surface area (Å²) in [4.78, 5) is 9.80. The van der Waals surface area contributed by atoms with E-state index in [0.717, 1.165) is 27.9 Å². The van der Waals surface area contributed by atoms with Crippen molar-refractivity contribution >= 4 is 11.0 Å². The van der Waals surface area contributed by atoms with E-state index in [1.807, 2.05) is 87.5 Å². The number of para-hydroxylation sites is 2. The van der Waals surface area contributed by atoms with Gasteiger partial charge >= 0.3 is 0 Å². The van der Waals surface area contributed by atoms with Gasteiger partial charge in [0.25, 0.3) is 0 Å². The van der Waals surface area contributed by atoms with E-state index >= 15 is 0 Å². The molecular formula is C54H53N3O. The van der Waals surface area contributed by atoms with Gasteiger partial charge in [-0.05, 0) is 111 Å². The van der Waals surface area contributed by atoms with Gasteiger partial charge in [-0.3, -0.25) is 9.55 Å². The summed E-state index contributed by atoms with van der Waals surface area (Å²) >= 11 is 0. The number of phenols is 1. The molecule has 0 aliphatic heterocycles. The SMILES string of the molecule is [2H]c1nc(-c2cc(-c3cccc4c3nc(-c3ccccc3O)n4-c3ccc(C(C)(C)C(C)(C)C)cc3-c3ccccc3)cc(C(C)(C)C)c2)c([2H])c(-c2c([2H])c([2H])c(C([2H])([2H])[2H])c([2H])c2[2H])c1[2H]. The van der Waals surface area contributed by atoms with Crippen LogP contribution in [0.5, 0.6) is 5.75 Å². The Morgan fingerprint density at radius 1 is 0.603 bits per heavy atom. The molecule has 0 fully saturated rings. The highest BCUT2D eigenvalue weighted by Gasteiger charge is 2.35. The van der Waals surface area contributed by atoms with Gasteiger partial charge in [0, 0.05) is 27.0 Å². The van der Waals surface area contributed by atoms with Crippen molar-refractivity contribution in [2.45, 2.75) is 73.1 Å². The number of hydrogen-bond donors (Lipinski definition) is 1. The molecule has 0 aliphatic rings. The monoisotopic (exact) mass is 769 g/mol. The lowest BCUT2D eigenvalue weighted by molar-refractivity contribution is 0.225. The molecule has 6 aromatic carbocycles. The van der Waals surface area contributed by atoms with E-state index in [1.165, 1.54) is 5.56 Å². The molecule has 290 valence electrons. The molecule has 0 unspecified atom stereocenters. The summed E-state index contributed by atoms with van der Waals surface area (Å²) in [5.41, 5.74) is 6.14. The molecule has 4 heteroatoms. The zero-order valence-corrected chi connectivity index (χ0v) is 34.2. The molecule has 0 amide bonds. The number of imidazole rings is 1. The van der Waals surface area contributed by atoms with Crippen LogP contribution in [0.25, 0.3) is 72.7 Å². The molecular weight excluding hydrogens is 707 g/mol. The zero-order chi connectivity index (χ0) is 49.6. The predicted molar refractivity (Wildman–Crippen MR) is 244 cm³/mol. The number of aromatic nitrogens is 3. The van der Waals surface area contributed by atoms with Gasteiger partial charge in [0.2, 0.25) is 0 Å². The van der Waals surface area contributed by atoms with Crippen LogP contribution in [0, 0.1) is 12.3 Å². The third-order valence-electron chi connectivity index (χ3n) is 11.6. The molecule has 2 aromatic heterocycles. The number of hydrogen-bond acceptors (Lipinski definition) is 3. The van der Waals surface area contributed by atoms with Crippen LogP contribution in [0.15, 0.2) is 152 Å². The number of fused-ring (bicyclic) bond motifs is 1. The van der Waals surface area contributed by atoms with Crippen molar-refractivity contribution in [2.24, 2.45) is 5.41 Å². The maximum Gasteiger partial charge on any atom is 0.149 e. The minimum Gasteiger partial charge on any atom is -0.507 e. The first-order chi connectivity index (χ1) is 31.7. The van der Waals surface area contributed by atoms with Crippen LogP contribution >= 0.6 is 0 Å². The van der Waals surface area contributed by atoms with Gasteiger partial charge in [0.1, 0.15) is 11.6 Å². The normalized spacial score (nSPS) is 15.0. The van der Waals surface area contributed by atoms with Gasteiger partial charge in [-0.2, -0.15) is 0 Å². The Bertz CT molecular complexity index is 3280. The van der Waals surface area contributed by atoms with Crippen LogP contribution in [0.4, 0.5) is 0 Å². The van der Waals surface area contributed by atoms with Crippen LogP contribution in [-0.2, 0) is 10.8 Å². The number of benzene rings is 6. The number of pyridine rings is 1. The second-order valence-corrected chi connectivity index (χ2v) is 17.4. The van der Waals surface area contributed by atoms with Crippen LogP contribution in [0.3, 0.4) is 0 Å². The summed E-state index contributed by atoms with van der Waals surface area (Å²) in [5.74, 6) is 0.560. The van der Waals surface area contributed by atoms with Crippen LogP contribution in [-0.4, -0.2) is 19.6 Å². The van der Waals surface area contributed by atoms with E-state index < -0.39 is 65.8 Å². The smallest absolute Gasteiger partial charge is 0.149 e. The largest absolute Gasteiger partial charge is 0.507 e. The van der Waals surface area contributed by atoms with Crippen molar-refractivity contribution in [3.05, 3.63) is 168 Å². The van der Waals surface area contributed by atoms with Gasteiger partial charge < -0.3 is 5.11 Å². The number of aromatic hydroxyl groups is 1. The van der Waals surface area contributed by atoms with E-state index in [9.17, 15) is 6.48 Å². The summed E-state index contributed by atoms with van der Waals surface area (Å²) in [5, 5.41) is 11.5. The van der Waals surface area contributed by atoms with Crippen LogP contribution < -0.4 is 0 Å². The number of phenolic OH excluding ortho intramolecular Hbond substituents is 1. The summed E-state index contributed by atoms with van der Waals surface area (Å²) in [6.45, 7) is 14.4. The summed E-state index contributed by atoms with van der Waals surface area (Å²) < 4.78 is 87.8. The second kappa shape index (κ2) is 14.6. The van der Waals surface area contributed by atoms with Gasteiger partial charge in [-0.15, -0.1) is 0 Å². The van der Waals surface area contributed by atoms with Gasteiger partial charge in [-0.1, -0.05) is 152 Å². The lowest BCUT2D eigenvalue weighted by atomic mass is 9.65. The average molecular weight is 770 g/mol. The Morgan fingerprint density at radius 3 is 2.02 bits per heavy atom. The Morgan fingerprint density at radius 2 is 1.31 bits per heavy atom. The highest BCUT2D eigenvalue weighted by atomic mass is 16.3. The number of rotatable bonds is 7. The van der Waals surface area contributed by atoms with E-state index in [-0.39, 0.29) is 27.8 Å². The molecule has 0 aliphatic carbocycles. The second-order valence-electron chi connectivity index (χ2n) is 17.4. The first-order valence-corrected chi connectivity index (χ1v) is 19.5. The Hall–Kier alpha value is -6.26. The standard InChI is InChI=1S/C54H53N3O/c1-35-22-24-36(25-23-35)38-28-29-55-46(33-38)40-30-39(31-42(32-40)52(2,3)4)43-19-15-20-48-50(43)56-51(44-18-13-14-21-49(44)58)57(48)47-27-26-41(54(8,9)53(5,6)7)34-45(47)37-16-11-10-12-17-37/h10-34,58H,1-9H3/i1D3,22D,23D,24D,25D,28D,29D,33D. The van der Waals surface area contributed by atoms with Crippen LogP contribution in [0.2, 0.25) is 0 Å². The highest BCUT2D eigenvalue weighted by molar-refractivity contribution is 5.97. The first-order valence-electron chi connectivity index (χ1n) is 24.5. The molecule has 4 nitrogen and oxygen atoms in total. The molecule has 58 heavy (non-hydrogen) atoms. The fourth-order valence-electron chi connectivity index (χ4n) is 7.19. The summed E-state index contributed by atoms with van der Waals surface area (Å²) in [7, 11) is 0. The summed E-state index contributed by atoms with van der Waals surface area (Å²) in [6, 6.07) is 31.4. The fraction of sp³-hybridized carbons (Fsp3) is 0.222. The quantitative estimate of drug-likeness (QED) is 0.176. The van der Waals surface area contributed by atoms with Gasteiger partial charge in [0.05, 0.1) is 37.6 Å². The lowest BCUT2D eigenvalue weighted by Gasteiger charge is -2.40. The third-order valence-corrected chi connectivity index (χ3v) is 11.6. The Labute approximate surface area is 358 Å². The molecule has 0 saturated carbocycles. The van der Waals surface area contributed by atoms with E-state index in [0.29, 0.717) is 33.6 Å². The third kappa shape index (κ3) is 7.13. The summed E-state index contributed by atoms with van der Waals surface area (Å²) in [6.07, 6.45) is -0.565. The maximum absolute atomic E-state index is 11.5. The fourth-order valence-corrected chi connectivity index (χ4v) is 7.19. The Kier molecular flexibility index (Phi) is 7.09. The minimum absolute atomic E-state index is 0.0384. The van der Waals surface area contributed by atoms with Crippen LogP contribution in [0.1, 0.15) is 85.8 Å². The topological polar surface area (TPSA) is 50.9 Å². The molecule has 2 heterocycles. The van der Waals surface area contributed by atoms with Gasteiger partial charge in [-0.25, -0.2) is 4.98 Å². The molecule has 0 spiro atoms. The zero-order valence-electron chi connectivity index (χ0n) is 44.2. The van der Waals surface area contributed by atoms with E-state index in [2.05, 4.69) is 74.5 Å². The molecule has 0 bridgehead atoms. The molecule has 0 radical (unpaired) electrons.